The summed E-state index contributed by atoms with van der Waals surface area (Å²) >= 11 is 2.16. The zero-order valence-corrected chi connectivity index (χ0v) is 15.0. The first-order valence-electron chi connectivity index (χ1n) is 6.55. The van der Waals surface area contributed by atoms with Gasteiger partial charge in [-0.15, -0.1) is 12.4 Å². The average Bonchev–Trinajstić information content (AvgIpc) is 2.88. The Morgan fingerprint density at radius 1 is 1.15 bits per heavy atom. The van der Waals surface area contributed by atoms with Crippen LogP contribution in [0, 0.1) is 3.57 Å². The molecule has 0 aliphatic carbocycles. The molecule has 4 nitrogen and oxygen atoms in total. The van der Waals surface area contributed by atoms with E-state index in [0.717, 1.165) is 29.6 Å². The molecule has 2 rings (SSSR count). The summed E-state index contributed by atoms with van der Waals surface area (Å²) in [5.74, 6) is 0. The van der Waals surface area contributed by atoms with E-state index in [1.54, 1.807) is 24.3 Å². The van der Waals surface area contributed by atoms with Crippen molar-refractivity contribution in [2.45, 2.75) is 24.2 Å². The lowest BCUT2D eigenvalue weighted by molar-refractivity contribution is 0.334. The van der Waals surface area contributed by atoms with Crippen LogP contribution in [-0.4, -0.2) is 39.5 Å². The first-order chi connectivity index (χ1) is 9.08. The van der Waals surface area contributed by atoms with Gasteiger partial charge >= 0.3 is 0 Å². The van der Waals surface area contributed by atoms with Gasteiger partial charge in [0.05, 0.1) is 4.90 Å². The normalized spacial score (nSPS) is 16.1. The number of sulfonamides is 1. The Kier molecular flexibility index (Phi) is 7.74. The van der Waals surface area contributed by atoms with Crippen molar-refractivity contribution in [3.05, 3.63) is 27.8 Å². The Morgan fingerprint density at radius 3 is 2.35 bits per heavy atom. The van der Waals surface area contributed by atoms with Crippen LogP contribution in [0.2, 0.25) is 0 Å². The molecule has 1 aliphatic rings. The molecule has 0 unspecified atom stereocenters. The van der Waals surface area contributed by atoms with Crippen LogP contribution in [-0.2, 0) is 10.0 Å². The Bertz CT molecular complexity index is 502. The molecule has 114 valence electrons. The topological polar surface area (TPSA) is 49.4 Å². The van der Waals surface area contributed by atoms with Crippen molar-refractivity contribution in [1.29, 1.82) is 0 Å². The van der Waals surface area contributed by atoms with Crippen LogP contribution in [0.4, 0.5) is 0 Å². The third-order valence-corrected chi connectivity index (χ3v) is 5.46. The average molecular weight is 431 g/mol. The fourth-order valence-electron chi connectivity index (χ4n) is 2.21. The van der Waals surface area contributed by atoms with Crippen molar-refractivity contribution in [3.8, 4) is 0 Å². The van der Waals surface area contributed by atoms with Crippen molar-refractivity contribution in [3.63, 3.8) is 0 Å². The van der Waals surface area contributed by atoms with E-state index in [0.29, 0.717) is 11.4 Å². The monoisotopic (exact) mass is 430 g/mol. The van der Waals surface area contributed by atoms with Crippen molar-refractivity contribution in [2.75, 3.05) is 26.2 Å². The summed E-state index contributed by atoms with van der Waals surface area (Å²) in [5, 5.41) is 0. The van der Waals surface area contributed by atoms with E-state index in [4.69, 9.17) is 0 Å². The van der Waals surface area contributed by atoms with Crippen LogP contribution in [0.1, 0.15) is 19.3 Å². The summed E-state index contributed by atoms with van der Waals surface area (Å²) in [6, 6.07) is 6.90. The molecular formula is C13H20ClIN2O2S. The first kappa shape index (κ1) is 18.2. The van der Waals surface area contributed by atoms with Crippen LogP contribution in [0.5, 0.6) is 0 Å². The molecule has 1 heterocycles. The van der Waals surface area contributed by atoms with Gasteiger partial charge in [-0.2, -0.15) is 0 Å². The fourth-order valence-corrected chi connectivity index (χ4v) is 3.65. The van der Waals surface area contributed by atoms with Crippen LogP contribution in [0.15, 0.2) is 29.2 Å². The van der Waals surface area contributed by atoms with Gasteiger partial charge in [-0.25, -0.2) is 13.1 Å². The highest BCUT2D eigenvalue weighted by Crippen LogP contribution is 2.12. The van der Waals surface area contributed by atoms with Crippen molar-refractivity contribution >= 4 is 45.0 Å². The third-order valence-electron chi connectivity index (χ3n) is 3.27. The van der Waals surface area contributed by atoms with Gasteiger partial charge in [-0.05, 0) is 85.8 Å². The molecule has 0 atom stereocenters. The molecule has 1 fully saturated rings. The predicted octanol–water partition coefficient (Wildman–Crippen LogP) is 2.48. The number of likely N-dealkylation sites (tertiary alicyclic amines) is 1. The molecular weight excluding hydrogens is 411 g/mol. The standard InChI is InChI=1S/C13H19IN2O2S.ClH/c14-12-4-6-13(7-5-12)19(17,18)15-8-3-11-16-9-1-2-10-16;/h4-7,15H,1-3,8-11H2;1H. The molecule has 0 spiro atoms. The van der Waals surface area contributed by atoms with Crippen molar-refractivity contribution in [1.82, 2.24) is 9.62 Å². The molecule has 0 radical (unpaired) electrons. The minimum Gasteiger partial charge on any atom is -0.303 e. The predicted molar refractivity (Wildman–Crippen MR) is 91.9 cm³/mol. The molecule has 1 aromatic rings. The molecule has 0 saturated carbocycles. The first-order valence-corrected chi connectivity index (χ1v) is 9.12. The second kappa shape index (κ2) is 8.53. The van der Waals surface area contributed by atoms with E-state index in [1.807, 2.05) is 0 Å². The van der Waals surface area contributed by atoms with E-state index >= 15 is 0 Å². The lowest BCUT2D eigenvalue weighted by Gasteiger charge is -2.14. The molecule has 1 saturated heterocycles. The fraction of sp³-hybridized carbons (Fsp3) is 0.538. The summed E-state index contributed by atoms with van der Waals surface area (Å²) in [6.45, 7) is 3.80. The third kappa shape index (κ3) is 5.48. The molecule has 1 aromatic carbocycles. The van der Waals surface area contributed by atoms with Crippen LogP contribution in [0.25, 0.3) is 0 Å². The van der Waals surface area contributed by atoms with Crippen molar-refractivity contribution in [2.24, 2.45) is 0 Å². The lowest BCUT2D eigenvalue weighted by Crippen LogP contribution is -2.28. The van der Waals surface area contributed by atoms with Gasteiger partial charge in [0, 0.05) is 10.1 Å². The molecule has 0 bridgehead atoms. The maximum Gasteiger partial charge on any atom is 0.240 e. The van der Waals surface area contributed by atoms with Crippen LogP contribution >= 0.6 is 35.0 Å². The largest absolute Gasteiger partial charge is 0.303 e. The van der Waals surface area contributed by atoms with Gasteiger partial charge in [0.2, 0.25) is 10.0 Å². The molecule has 20 heavy (non-hydrogen) atoms. The molecule has 0 amide bonds. The number of halogens is 2. The van der Waals surface area contributed by atoms with E-state index in [1.165, 1.54) is 12.8 Å². The van der Waals surface area contributed by atoms with E-state index in [-0.39, 0.29) is 12.4 Å². The summed E-state index contributed by atoms with van der Waals surface area (Å²) in [6.07, 6.45) is 3.41. The minimum absolute atomic E-state index is 0. The number of hydrogen-bond acceptors (Lipinski definition) is 3. The lowest BCUT2D eigenvalue weighted by atomic mass is 10.4. The summed E-state index contributed by atoms with van der Waals surface area (Å²) in [4.78, 5) is 2.73. The SMILES string of the molecule is Cl.O=S(=O)(NCCCN1CCCC1)c1ccc(I)cc1. The quantitative estimate of drug-likeness (QED) is 0.557. The Balaban J connectivity index is 0.00000200. The number of nitrogens with one attached hydrogen (secondary N) is 1. The smallest absolute Gasteiger partial charge is 0.240 e. The van der Waals surface area contributed by atoms with Gasteiger partial charge in [-0.3, -0.25) is 0 Å². The Labute approximate surface area is 140 Å². The Morgan fingerprint density at radius 2 is 1.75 bits per heavy atom. The maximum absolute atomic E-state index is 12.0. The number of rotatable bonds is 6. The maximum atomic E-state index is 12.0. The highest BCUT2D eigenvalue weighted by atomic mass is 127. The van der Waals surface area contributed by atoms with E-state index in [9.17, 15) is 8.42 Å². The molecule has 1 N–H and O–H groups in total. The van der Waals surface area contributed by atoms with Gasteiger partial charge in [0.25, 0.3) is 0 Å². The number of hydrogen-bond donors (Lipinski definition) is 1. The molecule has 7 heteroatoms. The highest BCUT2D eigenvalue weighted by Gasteiger charge is 2.14. The number of benzene rings is 1. The van der Waals surface area contributed by atoms with Gasteiger partial charge in [0.15, 0.2) is 0 Å². The van der Waals surface area contributed by atoms with Gasteiger partial charge < -0.3 is 4.90 Å². The second-order valence-corrected chi connectivity index (χ2v) is 7.77. The zero-order chi connectivity index (χ0) is 13.7. The van der Waals surface area contributed by atoms with Crippen LogP contribution in [0.3, 0.4) is 0 Å². The van der Waals surface area contributed by atoms with Gasteiger partial charge in [-0.1, -0.05) is 0 Å². The zero-order valence-electron chi connectivity index (χ0n) is 11.2. The van der Waals surface area contributed by atoms with Gasteiger partial charge in [0.1, 0.15) is 0 Å². The molecule has 0 aromatic heterocycles. The Hall–Kier alpha value is 0.110. The summed E-state index contributed by atoms with van der Waals surface area (Å²) in [5.41, 5.74) is 0. The van der Waals surface area contributed by atoms with E-state index in [2.05, 4.69) is 32.2 Å². The highest BCUT2D eigenvalue weighted by molar-refractivity contribution is 14.1. The summed E-state index contributed by atoms with van der Waals surface area (Å²) in [7, 11) is -3.34. The number of nitrogens with zero attached hydrogens (tertiary/aromatic N) is 1. The second-order valence-electron chi connectivity index (χ2n) is 4.75. The minimum atomic E-state index is -3.34. The van der Waals surface area contributed by atoms with Crippen molar-refractivity contribution < 1.29 is 8.42 Å². The van der Waals surface area contributed by atoms with E-state index < -0.39 is 10.0 Å². The molecule has 1 aliphatic heterocycles. The van der Waals surface area contributed by atoms with Crippen LogP contribution < -0.4 is 4.72 Å². The summed E-state index contributed by atoms with van der Waals surface area (Å²) < 4.78 is 27.7.